The number of nitrogens with one attached hydrogen (secondary N) is 1. The molecule has 2 aromatic rings. The van der Waals surface area contributed by atoms with Crippen LogP contribution >= 0.6 is 23.4 Å². The first kappa shape index (κ1) is 18.8. The Morgan fingerprint density at radius 2 is 2.08 bits per heavy atom. The van der Waals surface area contributed by atoms with Gasteiger partial charge in [-0.3, -0.25) is 4.79 Å². The van der Waals surface area contributed by atoms with Gasteiger partial charge in [0.1, 0.15) is 5.03 Å². The summed E-state index contributed by atoms with van der Waals surface area (Å²) in [6, 6.07) is 12.3. The zero-order chi connectivity index (χ0) is 18.1. The van der Waals surface area contributed by atoms with E-state index in [4.69, 9.17) is 21.6 Å². The van der Waals surface area contributed by atoms with Crippen molar-refractivity contribution < 1.29 is 14.3 Å². The van der Waals surface area contributed by atoms with Gasteiger partial charge in [-0.25, -0.2) is 9.78 Å². The topological polar surface area (TPSA) is 92.1 Å². The first-order valence-electron chi connectivity index (χ1n) is 7.30. The Morgan fingerprint density at radius 1 is 1.28 bits per heavy atom. The highest BCUT2D eigenvalue weighted by atomic mass is 35.5. The minimum atomic E-state index is -0.655. The lowest BCUT2D eigenvalue weighted by Crippen LogP contribution is -2.29. The van der Waals surface area contributed by atoms with Gasteiger partial charge in [-0.05, 0) is 24.3 Å². The molecule has 1 amide bonds. The van der Waals surface area contributed by atoms with Gasteiger partial charge in [0.25, 0.3) is 5.91 Å². The van der Waals surface area contributed by atoms with Crippen molar-refractivity contribution in [2.45, 2.75) is 16.3 Å². The highest BCUT2D eigenvalue weighted by molar-refractivity contribution is 7.99. The Bertz CT molecular complexity index is 808. The fourth-order valence-electron chi connectivity index (χ4n) is 1.78. The van der Waals surface area contributed by atoms with E-state index in [1.165, 1.54) is 11.8 Å². The van der Waals surface area contributed by atoms with Crippen molar-refractivity contribution in [2.75, 3.05) is 13.2 Å². The van der Waals surface area contributed by atoms with E-state index in [9.17, 15) is 9.59 Å². The largest absolute Gasteiger partial charge is 0.452 e. The summed E-state index contributed by atoms with van der Waals surface area (Å²) in [4.78, 5) is 28.7. The van der Waals surface area contributed by atoms with Crippen molar-refractivity contribution >= 4 is 35.2 Å². The van der Waals surface area contributed by atoms with E-state index in [1.54, 1.807) is 24.4 Å². The van der Waals surface area contributed by atoms with Crippen LogP contribution < -0.4 is 5.32 Å². The van der Waals surface area contributed by atoms with Crippen LogP contribution in [0, 0.1) is 11.3 Å². The molecule has 0 aliphatic heterocycles. The van der Waals surface area contributed by atoms with Crippen LogP contribution in [0.1, 0.15) is 16.8 Å². The minimum Gasteiger partial charge on any atom is -0.452 e. The number of hydrogen-bond acceptors (Lipinski definition) is 6. The lowest BCUT2D eigenvalue weighted by molar-refractivity contribution is -0.124. The summed E-state index contributed by atoms with van der Waals surface area (Å²) in [7, 11) is 0. The summed E-state index contributed by atoms with van der Waals surface area (Å²) in [5.74, 6) is -1.12. The van der Waals surface area contributed by atoms with Crippen molar-refractivity contribution in [2.24, 2.45) is 0 Å². The van der Waals surface area contributed by atoms with Crippen molar-refractivity contribution in [3.05, 3.63) is 53.2 Å². The Balaban J connectivity index is 2.02. The van der Waals surface area contributed by atoms with Gasteiger partial charge >= 0.3 is 5.97 Å². The number of nitrogens with zero attached hydrogens (tertiary/aromatic N) is 2. The number of rotatable bonds is 7. The summed E-state index contributed by atoms with van der Waals surface area (Å²) in [5, 5.41) is 11.9. The predicted octanol–water partition coefficient (Wildman–Crippen LogP) is 3.07. The number of pyridine rings is 1. The summed E-state index contributed by atoms with van der Waals surface area (Å²) in [6.07, 6.45) is 1.76. The fourth-order valence-corrected chi connectivity index (χ4v) is 2.92. The van der Waals surface area contributed by atoms with Crippen molar-refractivity contribution in [1.29, 1.82) is 5.26 Å². The van der Waals surface area contributed by atoms with Crippen LogP contribution in [0.25, 0.3) is 0 Å². The maximum Gasteiger partial charge on any atom is 0.341 e. The van der Waals surface area contributed by atoms with Gasteiger partial charge < -0.3 is 10.1 Å². The summed E-state index contributed by atoms with van der Waals surface area (Å²) in [6.45, 7) is -0.206. The average Bonchev–Trinajstić information content (AvgIpc) is 2.62. The van der Waals surface area contributed by atoms with Crippen molar-refractivity contribution in [3.8, 4) is 6.07 Å². The third-order valence-electron chi connectivity index (χ3n) is 2.93. The molecule has 0 spiro atoms. The van der Waals surface area contributed by atoms with Crippen LogP contribution in [-0.4, -0.2) is 30.0 Å². The van der Waals surface area contributed by atoms with Gasteiger partial charge in [-0.2, -0.15) is 5.26 Å². The monoisotopic (exact) mass is 375 g/mol. The normalized spacial score (nSPS) is 9.92. The molecule has 8 heteroatoms. The highest BCUT2D eigenvalue weighted by Crippen LogP contribution is 2.33. The molecule has 1 aromatic heterocycles. The predicted molar refractivity (Wildman–Crippen MR) is 93.3 cm³/mol. The molecular weight excluding hydrogens is 362 g/mol. The van der Waals surface area contributed by atoms with Gasteiger partial charge in [0.15, 0.2) is 6.61 Å². The third-order valence-corrected chi connectivity index (χ3v) is 4.46. The number of aromatic nitrogens is 1. The van der Waals surface area contributed by atoms with Gasteiger partial charge in [-0.1, -0.05) is 35.5 Å². The molecule has 0 radical (unpaired) electrons. The van der Waals surface area contributed by atoms with Gasteiger partial charge in [0.05, 0.1) is 23.1 Å². The zero-order valence-electron chi connectivity index (χ0n) is 13.1. The summed E-state index contributed by atoms with van der Waals surface area (Å²) >= 11 is 7.37. The Labute approximate surface area is 154 Å². The molecule has 0 aliphatic rings. The van der Waals surface area contributed by atoms with Gasteiger partial charge in [0, 0.05) is 17.6 Å². The molecule has 0 atom stereocenters. The molecule has 0 fully saturated rings. The number of hydrogen-bond donors (Lipinski definition) is 1. The van der Waals surface area contributed by atoms with Crippen molar-refractivity contribution in [3.63, 3.8) is 0 Å². The van der Waals surface area contributed by atoms with E-state index in [-0.39, 0.29) is 18.5 Å². The molecule has 0 aliphatic carbocycles. The maximum atomic E-state index is 12.2. The van der Waals surface area contributed by atoms with Gasteiger partial charge in [-0.15, -0.1) is 0 Å². The van der Waals surface area contributed by atoms with E-state index in [2.05, 4.69) is 10.3 Å². The molecule has 0 bridgehead atoms. The van der Waals surface area contributed by atoms with E-state index >= 15 is 0 Å². The smallest absolute Gasteiger partial charge is 0.341 e. The second-order valence-electron chi connectivity index (χ2n) is 4.72. The lowest BCUT2D eigenvalue weighted by Gasteiger charge is -2.09. The first-order chi connectivity index (χ1) is 12.1. The van der Waals surface area contributed by atoms with Crippen LogP contribution in [0.5, 0.6) is 0 Å². The number of benzene rings is 1. The van der Waals surface area contributed by atoms with E-state index in [0.717, 1.165) is 4.90 Å². The number of ether oxygens (including phenoxy) is 1. The molecule has 0 saturated heterocycles. The molecule has 2 rings (SSSR count). The molecule has 0 unspecified atom stereocenters. The van der Waals surface area contributed by atoms with Crippen LogP contribution in [0.2, 0.25) is 5.02 Å². The summed E-state index contributed by atoms with van der Waals surface area (Å²) in [5.41, 5.74) is 0.247. The molecule has 0 saturated carbocycles. The molecular formula is C17H14ClN3O3S. The number of nitriles is 1. The quantitative estimate of drug-likeness (QED) is 0.590. The van der Waals surface area contributed by atoms with E-state index in [1.807, 2.05) is 24.3 Å². The Kier molecular flexibility index (Phi) is 7.26. The van der Waals surface area contributed by atoms with Crippen LogP contribution in [-0.2, 0) is 9.53 Å². The molecule has 1 N–H and O–H groups in total. The zero-order valence-corrected chi connectivity index (χ0v) is 14.6. The molecule has 6 nitrogen and oxygen atoms in total. The molecule has 25 heavy (non-hydrogen) atoms. The average molecular weight is 376 g/mol. The standard InChI is InChI=1S/C17H14ClN3O3S/c18-13-6-1-2-7-14(13)25-16-12(5-3-9-21-16)17(23)24-11-15(22)20-10-4-8-19/h1-3,5-7,9H,4,10-11H2,(H,20,22). The number of halogens is 1. The Morgan fingerprint density at radius 3 is 2.84 bits per heavy atom. The highest BCUT2D eigenvalue weighted by Gasteiger charge is 2.17. The second kappa shape index (κ2) is 9.67. The maximum absolute atomic E-state index is 12.2. The number of amides is 1. The van der Waals surface area contributed by atoms with Crippen LogP contribution in [0.4, 0.5) is 0 Å². The second-order valence-corrected chi connectivity index (χ2v) is 6.16. The molecule has 1 heterocycles. The fraction of sp³-hybridized carbons (Fsp3) is 0.176. The minimum absolute atomic E-state index is 0.195. The SMILES string of the molecule is N#CCCNC(=O)COC(=O)c1cccnc1Sc1ccccc1Cl. The summed E-state index contributed by atoms with van der Waals surface area (Å²) < 4.78 is 5.01. The lowest BCUT2D eigenvalue weighted by atomic mass is 10.3. The number of esters is 1. The number of carbonyl (C=O) groups is 2. The van der Waals surface area contributed by atoms with Crippen LogP contribution in [0.15, 0.2) is 52.5 Å². The number of carbonyl (C=O) groups excluding carboxylic acids is 2. The van der Waals surface area contributed by atoms with E-state index < -0.39 is 18.5 Å². The molecule has 1 aromatic carbocycles. The van der Waals surface area contributed by atoms with Gasteiger partial charge in [0.2, 0.25) is 0 Å². The van der Waals surface area contributed by atoms with Crippen LogP contribution in [0.3, 0.4) is 0 Å². The Hall–Kier alpha value is -2.56. The van der Waals surface area contributed by atoms with E-state index in [0.29, 0.717) is 10.0 Å². The molecule has 128 valence electrons. The first-order valence-corrected chi connectivity index (χ1v) is 8.49. The third kappa shape index (κ3) is 5.78. The van der Waals surface area contributed by atoms with Crippen molar-refractivity contribution in [1.82, 2.24) is 10.3 Å².